The normalized spacial score (nSPS) is 17.6. The number of likely N-dealkylation sites (N-methyl/N-ethyl adjacent to an activating group) is 3. The lowest BCUT2D eigenvalue weighted by Gasteiger charge is -2.31. The van der Waals surface area contributed by atoms with Crippen LogP contribution >= 0.6 is 0 Å². The smallest absolute Gasteiger partial charge is 0.244 e. The van der Waals surface area contributed by atoms with Crippen molar-refractivity contribution < 1.29 is 8.42 Å². The third-order valence-corrected chi connectivity index (χ3v) is 5.98. The molecule has 1 fully saturated rings. The predicted molar refractivity (Wildman–Crippen MR) is 92.3 cm³/mol. The summed E-state index contributed by atoms with van der Waals surface area (Å²) in [5, 5.41) is 0. The van der Waals surface area contributed by atoms with E-state index in [0.29, 0.717) is 13.1 Å². The zero-order chi connectivity index (χ0) is 17.0. The van der Waals surface area contributed by atoms with Crippen LogP contribution in [-0.2, 0) is 10.0 Å². The molecule has 1 aliphatic rings. The zero-order valence-electron chi connectivity index (χ0n) is 14.4. The van der Waals surface area contributed by atoms with Gasteiger partial charge in [-0.3, -0.25) is 0 Å². The summed E-state index contributed by atoms with van der Waals surface area (Å²) in [4.78, 5) is 10.8. The summed E-state index contributed by atoms with van der Waals surface area (Å²) < 4.78 is 26.8. The zero-order valence-corrected chi connectivity index (χ0v) is 15.3. The maximum Gasteiger partial charge on any atom is 0.244 e. The van der Waals surface area contributed by atoms with Crippen LogP contribution in [0, 0.1) is 0 Å². The van der Waals surface area contributed by atoms with E-state index in [2.05, 4.69) is 14.8 Å². The molecule has 1 saturated heterocycles. The first-order valence-electron chi connectivity index (χ1n) is 7.81. The fourth-order valence-corrected chi connectivity index (χ4v) is 3.76. The summed E-state index contributed by atoms with van der Waals surface area (Å²) >= 11 is 0. The molecule has 0 radical (unpaired) electrons. The monoisotopic (exact) mass is 341 g/mol. The van der Waals surface area contributed by atoms with E-state index in [1.165, 1.54) is 6.20 Å². The van der Waals surface area contributed by atoms with Crippen LogP contribution in [-0.4, -0.2) is 95.0 Å². The lowest BCUT2D eigenvalue weighted by molar-refractivity contribution is 0.222. The highest BCUT2D eigenvalue weighted by Gasteiger charge is 2.27. The molecule has 1 aliphatic heterocycles. The molecule has 130 valence electrons. The van der Waals surface area contributed by atoms with E-state index in [1.54, 1.807) is 16.4 Å². The summed E-state index contributed by atoms with van der Waals surface area (Å²) in [7, 11) is 4.57. The molecule has 2 heterocycles. The molecule has 1 aromatic heterocycles. The molecule has 8 heteroatoms. The van der Waals surface area contributed by atoms with E-state index in [4.69, 9.17) is 0 Å². The number of hydrogen-bond donors (Lipinski definition) is 0. The van der Waals surface area contributed by atoms with Gasteiger partial charge >= 0.3 is 0 Å². The third kappa shape index (κ3) is 4.63. The maximum absolute atomic E-state index is 12.6. The van der Waals surface area contributed by atoms with Crippen molar-refractivity contribution in [2.75, 3.05) is 72.4 Å². The van der Waals surface area contributed by atoms with Crippen LogP contribution in [0.2, 0.25) is 0 Å². The number of piperazine rings is 1. The second kappa shape index (κ2) is 7.57. The Balaban J connectivity index is 2.06. The molecule has 2 rings (SSSR count). The molecule has 0 atom stereocenters. The fourth-order valence-electron chi connectivity index (χ4n) is 2.39. The quantitative estimate of drug-likeness (QED) is 0.727. The Kier molecular flexibility index (Phi) is 5.96. The molecule has 0 saturated carbocycles. The van der Waals surface area contributed by atoms with Crippen molar-refractivity contribution in [1.82, 2.24) is 19.1 Å². The van der Waals surface area contributed by atoms with Crippen molar-refractivity contribution >= 4 is 15.8 Å². The molecule has 0 amide bonds. The maximum atomic E-state index is 12.6. The van der Waals surface area contributed by atoms with Gasteiger partial charge in [0.15, 0.2) is 0 Å². The summed E-state index contributed by atoms with van der Waals surface area (Å²) in [6, 6.07) is 3.43. The SMILES string of the molecule is CN(C)CCN(C)c1ccc(S(=O)(=O)N2CCN(C)CC2)cn1. The number of pyridine rings is 1. The van der Waals surface area contributed by atoms with Gasteiger partial charge in [0.2, 0.25) is 10.0 Å². The summed E-state index contributed by atoms with van der Waals surface area (Å²) in [6.07, 6.45) is 1.47. The minimum absolute atomic E-state index is 0.270. The molecule has 0 aliphatic carbocycles. The molecule has 7 nitrogen and oxygen atoms in total. The van der Waals surface area contributed by atoms with E-state index in [-0.39, 0.29) is 4.90 Å². The van der Waals surface area contributed by atoms with Crippen molar-refractivity contribution in [2.24, 2.45) is 0 Å². The Morgan fingerprint density at radius 3 is 2.26 bits per heavy atom. The Labute approximate surface area is 139 Å². The van der Waals surface area contributed by atoms with Crippen molar-refractivity contribution in [3.8, 4) is 0 Å². The third-order valence-electron chi connectivity index (χ3n) is 4.09. The van der Waals surface area contributed by atoms with Gasteiger partial charge in [-0.2, -0.15) is 4.31 Å². The number of sulfonamides is 1. The van der Waals surface area contributed by atoms with Gasteiger partial charge in [0.1, 0.15) is 10.7 Å². The predicted octanol–water partition coefficient (Wildman–Crippen LogP) is 0.0155. The number of nitrogens with zero attached hydrogens (tertiary/aromatic N) is 5. The van der Waals surface area contributed by atoms with Crippen LogP contribution in [0.1, 0.15) is 0 Å². The standard InChI is InChI=1S/C15H27N5O2S/c1-17(2)7-10-19(4)15-6-5-14(13-16-15)23(21,22)20-11-8-18(3)9-12-20/h5-6,13H,7-12H2,1-4H3. The molecular weight excluding hydrogens is 314 g/mol. The summed E-state index contributed by atoms with van der Waals surface area (Å²) in [6.45, 7) is 4.34. The number of rotatable bonds is 6. The van der Waals surface area contributed by atoms with Gasteiger partial charge in [0.25, 0.3) is 0 Å². The Morgan fingerprint density at radius 1 is 1.09 bits per heavy atom. The number of anilines is 1. The van der Waals surface area contributed by atoms with Gasteiger partial charge in [0, 0.05) is 52.5 Å². The van der Waals surface area contributed by atoms with E-state index in [0.717, 1.165) is 32.0 Å². The van der Waals surface area contributed by atoms with Crippen LogP contribution in [0.3, 0.4) is 0 Å². The highest BCUT2D eigenvalue weighted by molar-refractivity contribution is 7.89. The molecular formula is C15H27N5O2S. The molecule has 23 heavy (non-hydrogen) atoms. The highest BCUT2D eigenvalue weighted by Crippen LogP contribution is 2.18. The van der Waals surface area contributed by atoms with E-state index < -0.39 is 10.0 Å². The number of hydrogen-bond acceptors (Lipinski definition) is 6. The molecule has 0 bridgehead atoms. The van der Waals surface area contributed by atoms with Crippen molar-refractivity contribution in [3.63, 3.8) is 0 Å². The fraction of sp³-hybridized carbons (Fsp3) is 0.667. The Hall–Kier alpha value is -1.22. The first-order valence-corrected chi connectivity index (χ1v) is 9.25. The van der Waals surface area contributed by atoms with Crippen LogP contribution < -0.4 is 4.90 Å². The van der Waals surface area contributed by atoms with Gasteiger partial charge in [-0.15, -0.1) is 0 Å². The van der Waals surface area contributed by atoms with Crippen molar-refractivity contribution in [1.29, 1.82) is 0 Å². The van der Waals surface area contributed by atoms with Gasteiger partial charge in [-0.05, 0) is 33.3 Å². The van der Waals surface area contributed by atoms with Crippen LogP contribution in [0.5, 0.6) is 0 Å². The van der Waals surface area contributed by atoms with Crippen molar-refractivity contribution in [2.45, 2.75) is 4.90 Å². The van der Waals surface area contributed by atoms with Gasteiger partial charge in [0.05, 0.1) is 0 Å². The summed E-state index contributed by atoms with van der Waals surface area (Å²) in [5.74, 6) is 0.782. The minimum Gasteiger partial charge on any atom is -0.358 e. The second-order valence-corrected chi connectivity index (χ2v) is 8.22. The van der Waals surface area contributed by atoms with Gasteiger partial charge < -0.3 is 14.7 Å². The lowest BCUT2D eigenvalue weighted by atomic mass is 10.4. The largest absolute Gasteiger partial charge is 0.358 e. The van der Waals surface area contributed by atoms with Crippen molar-refractivity contribution in [3.05, 3.63) is 18.3 Å². The van der Waals surface area contributed by atoms with Gasteiger partial charge in [-0.1, -0.05) is 0 Å². The molecule has 0 aromatic carbocycles. The minimum atomic E-state index is -3.44. The second-order valence-electron chi connectivity index (χ2n) is 6.28. The molecule has 1 aromatic rings. The first-order chi connectivity index (χ1) is 10.8. The number of aromatic nitrogens is 1. The van der Waals surface area contributed by atoms with E-state index in [1.807, 2.05) is 33.1 Å². The lowest BCUT2D eigenvalue weighted by Crippen LogP contribution is -2.47. The molecule has 0 unspecified atom stereocenters. The van der Waals surface area contributed by atoms with E-state index in [9.17, 15) is 8.42 Å². The van der Waals surface area contributed by atoms with Crippen LogP contribution in [0.25, 0.3) is 0 Å². The Morgan fingerprint density at radius 2 is 1.74 bits per heavy atom. The highest BCUT2D eigenvalue weighted by atomic mass is 32.2. The average molecular weight is 341 g/mol. The Bertz CT molecular complexity index is 595. The van der Waals surface area contributed by atoms with Crippen LogP contribution in [0.4, 0.5) is 5.82 Å². The first kappa shape index (κ1) is 18.1. The van der Waals surface area contributed by atoms with Gasteiger partial charge in [-0.25, -0.2) is 13.4 Å². The summed E-state index contributed by atoms with van der Waals surface area (Å²) in [5.41, 5.74) is 0. The van der Waals surface area contributed by atoms with E-state index >= 15 is 0 Å². The molecule has 0 N–H and O–H groups in total. The average Bonchev–Trinajstić information content (AvgIpc) is 2.53. The van der Waals surface area contributed by atoms with Crippen LogP contribution in [0.15, 0.2) is 23.2 Å². The molecule has 0 spiro atoms. The topological polar surface area (TPSA) is 60.0 Å².